The van der Waals surface area contributed by atoms with Crippen LogP contribution in [0.15, 0.2) is 0 Å². The van der Waals surface area contributed by atoms with E-state index in [4.69, 9.17) is 11.6 Å². The quantitative estimate of drug-likeness (QED) is 0.802. The number of ether oxygens (including phenoxy) is 1. The van der Waals surface area contributed by atoms with Crippen molar-refractivity contribution in [2.24, 2.45) is 0 Å². The summed E-state index contributed by atoms with van der Waals surface area (Å²) in [6.07, 6.45) is -4.31. The van der Waals surface area contributed by atoms with E-state index in [9.17, 15) is 13.2 Å². The Hall–Kier alpha value is -0.400. The molecule has 0 radical (unpaired) electrons. The summed E-state index contributed by atoms with van der Waals surface area (Å²) in [5.41, 5.74) is 0. The zero-order valence-corrected chi connectivity index (χ0v) is 7.71. The van der Waals surface area contributed by atoms with Crippen LogP contribution in [0.5, 0.6) is 0 Å². The standard InChI is InChI=1S/C5H4ClF3N2OS/c6-4-11-10-3(13-4)1-12-2-5(7,8)9/h1-2H2. The van der Waals surface area contributed by atoms with E-state index in [0.29, 0.717) is 5.01 Å². The fourth-order valence-corrected chi connectivity index (χ4v) is 1.35. The number of rotatable bonds is 3. The lowest BCUT2D eigenvalue weighted by atomic mass is 10.7. The average Bonchev–Trinajstić information content (AvgIpc) is 2.33. The van der Waals surface area contributed by atoms with Crippen molar-refractivity contribution in [1.29, 1.82) is 0 Å². The molecule has 0 amide bonds. The molecule has 0 aliphatic rings. The Bertz CT molecular complexity index is 277. The molecule has 0 aliphatic carbocycles. The predicted octanol–water partition coefficient (Wildman–Crippen LogP) is 2.27. The third-order valence-electron chi connectivity index (χ3n) is 0.933. The van der Waals surface area contributed by atoms with Crippen molar-refractivity contribution in [3.63, 3.8) is 0 Å². The molecule has 0 saturated carbocycles. The third kappa shape index (κ3) is 4.39. The number of halogens is 4. The summed E-state index contributed by atoms with van der Waals surface area (Å²) in [5.74, 6) is 0. The van der Waals surface area contributed by atoms with E-state index in [0.717, 1.165) is 11.3 Å². The fraction of sp³-hybridized carbons (Fsp3) is 0.600. The van der Waals surface area contributed by atoms with E-state index >= 15 is 0 Å². The molecule has 0 saturated heterocycles. The number of alkyl halides is 3. The Morgan fingerprint density at radius 2 is 2.08 bits per heavy atom. The van der Waals surface area contributed by atoms with Crippen molar-refractivity contribution in [3.05, 3.63) is 9.47 Å². The van der Waals surface area contributed by atoms with Crippen LogP contribution in [-0.2, 0) is 11.3 Å². The Balaban J connectivity index is 2.28. The molecular weight excluding hydrogens is 229 g/mol. The summed E-state index contributed by atoms with van der Waals surface area (Å²) in [7, 11) is 0. The van der Waals surface area contributed by atoms with Gasteiger partial charge in [-0.25, -0.2) is 0 Å². The molecule has 8 heteroatoms. The Morgan fingerprint density at radius 3 is 2.54 bits per heavy atom. The van der Waals surface area contributed by atoms with Crippen LogP contribution in [0.3, 0.4) is 0 Å². The zero-order chi connectivity index (χ0) is 9.90. The molecule has 0 spiro atoms. The minimum atomic E-state index is -4.31. The van der Waals surface area contributed by atoms with Crippen LogP contribution in [-0.4, -0.2) is 23.0 Å². The second-order valence-electron chi connectivity index (χ2n) is 2.06. The van der Waals surface area contributed by atoms with Gasteiger partial charge in [-0.15, -0.1) is 10.2 Å². The van der Waals surface area contributed by atoms with Gasteiger partial charge < -0.3 is 4.74 Å². The van der Waals surface area contributed by atoms with Crippen LogP contribution in [0.2, 0.25) is 4.47 Å². The minimum absolute atomic E-state index is 0.186. The molecule has 74 valence electrons. The Morgan fingerprint density at radius 1 is 1.38 bits per heavy atom. The van der Waals surface area contributed by atoms with E-state index in [2.05, 4.69) is 14.9 Å². The molecule has 1 rings (SSSR count). The van der Waals surface area contributed by atoms with Crippen LogP contribution in [0, 0.1) is 0 Å². The largest absolute Gasteiger partial charge is 0.411 e. The minimum Gasteiger partial charge on any atom is -0.365 e. The number of hydrogen-bond acceptors (Lipinski definition) is 4. The first kappa shape index (κ1) is 10.7. The molecule has 0 aliphatic heterocycles. The molecule has 1 heterocycles. The maximum absolute atomic E-state index is 11.6. The molecule has 0 unspecified atom stereocenters. The SMILES string of the molecule is FC(F)(F)COCc1nnc(Cl)s1. The van der Waals surface area contributed by atoms with Crippen LogP contribution in [0.4, 0.5) is 13.2 Å². The topological polar surface area (TPSA) is 35.0 Å². The molecule has 0 N–H and O–H groups in total. The first-order valence-electron chi connectivity index (χ1n) is 3.10. The molecular formula is C5H4ClF3N2OS. The predicted molar refractivity (Wildman–Crippen MR) is 40.6 cm³/mol. The average molecular weight is 233 g/mol. The fourth-order valence-electron chi connectivity index (χ4n) is 0.546. The monoisotopic (exact) mass is 232 g/mol. The number of nitrogens with zero attached hydrogens (tertiary/aromatic N) is 2. The van der Waals surface area contributed by atoms with Gasteiger partial charge >= 0.3 is 6.18 Å². The molecule has 0 bridgehead atoms. The molecule has 1 aromatic heterocycles. The zero-order valence-electron chi connectivity index (χ0n) is 6.14. The summed E-state index contributed by atoms with van der Waals surface area (Å²) in [4.78, 5) is 0. The van der Waals surface area contributed by atoms with Crippen molar-refractivity contribution >= 4 is 22.9 Å². The summed E-state index contributed by atoms with van der Waals surface area (Å²) < 4.78 is 39.2. The van der Waals surface area contributed by atoms with Gasteiger partial charge in [-0.3, -0.25) is 0 Å². The summed E-state index contributed by atoms with van der Waals surface area (Å²) in [5, 5.41) is 7.21. The molecule has 1 aromatic rings. The lowest BCUT2D eigenvalue weighted by Crippen LogP contribution is -2.16. The van der Waals surface area contributed by atoms with E-state index in [1.165, 1.54) is 0 Å². The van der Waals surface area contributed by atoms with E-state index in [1.54, 1.807) is 0 Å². The first-order chi connectivity index (χ1) is 5.97. The molecule has 13 heavy (non-hydrogen) atoms. The molecule has 3 nitrogen and oxygen atoms in total. The summed E-state index contributed by atoms with van der Waals surface area (Å²) in [6, 6.07) is 0. The molecule has 0 atom stereocenters. The van der Waals surface area contributed by atoms with E-state index < -0.39 is 12.8 Å². The smallest absolute Gasteiger partial charge is 0.365 e. The second-order valence-corrected chi connectivity index (χ2v) is 3.70. The van der Waals surface area contributed by atoms with Gasteiger partial charge in [-0.05, 0) is 11.6 Å². The molecule has 0 aromatic carbocycles. The lowest BCUT2D eigenvalue weighted by Gasteiger charge is -2.04. The highest BCUT2D eigenvalue weighted by Crippen LogP contribution is 2.18. The van der Waals surface area contributed by atoms with Gasteiger partial charge in [0.15, 0.2) is 0 Å². The van der Waals surface area contributed by atoms with Crippen LogP contribution in [0.25, 0.3) is 0 Å². The van der Waals surface area contributed by atoms with Crippen molar-refractivity contribution in [2.75, 3.05) is 6.61 Å². The number of hydrogen-bond donors (Lipinski definition) is 0. The maximum atomic E-state index is 11.6. The van der Waals surface area contributed by atoms with E-state index in [1.807, 2.05) is 0 Å². The van der Waals surface area contributed by atoms with E-state index in [-0.39, 0.29) is 11.1 Å². The van der Waals surface area contributed by atoms with Crippen LogP contribution >= 0.6 is 22.9 Å². The van der Waals surface area contributed by atoms with Gasteiger partial charge in [0.25, 0.3) is 0 Å². The summed E-state index contributed by atoms with van der Waals surface area (Å²) >= 11 is 6.39. The van der Waals surface area contributed by atoms with Crippen molar-refractivity contribution in [3.8, 4) is 0 Å². The second kappa shape index (κ2) is 4.21. The first-order valence-corrected chi connectivity index (χ1v) is 4.29. The normalized spacial score (nSPS) is 12.0. The van der Waals surface area contributed by atoms with Crippen LogP contribution in [0.1, 0.15) is 5.01 Å². The molecule has 0 fully saturated rings. The Kier molecular flexibility index (Phi) is 3.46. The third-order valence-corrected chi connectivity index (χ3v) is 1.93. The van der Waals surface area contributed by atoms with Gasteiger partial charge in [-0.1, -0.05) is 11.3 Å². The van der Waals surface area contributed by atoms with Crippen molar-refractivity contribution < 1.29 is 17.9 Å². The Labute approximate surface area is 80.5 Å². The maximum Gasteiger partial charge on any atom is 0.411 e. The van der Waals surface area contributed by atoms with Gasteiger partial charge in [-0.2, -0.15) is 13.2 Å². The number of aromatic nitrogens is 2. The van der Waals surface area contributed by atoms with Crippen LogP contribution < -0.4 is 0 Å². The van der Waals surface area contributed by atoms with Crippen molar-refractivity contribution in [2.45, 2.75) is 12.8 Å². The summed E-state index contributed by atoms with van der Waals surface area (Å²) in [6.45, 7) is -1.51. The van der Waals surface area contributed by atoms with Gasteiger partial charge in [0.1, 0.15) is 18.2 Å². The van der Waals surface area contributed by atoms with Gasteiger partial charge in [0.05, 0.1) is 0 Å². The van der Waals surface area contributed by atoms with Gasteiger partial charge in [0.2, 0.25) is 4.47 Å². The van der Waals surface area contributed by atoms with Gasteiger partial charge in [0, 0.05) is 0 Å². The van der Waals surface area contributed by atoms with Crippen molar-refractivity contribution in [1.82, 2.24) is 10.2 Å². The highest BCUT2D eigenvalue weighted by Gasteiger charge is 2.27. The highest BCUT2D eigenvalue weighted by atomic mass is 35.5. The lowest BCUT2D eigenvalue weighted by molar-refractivity contribution is -0.176. The highest BCUT2D eigenvalue weighted by molar-refractivity contribution is 7.15.